The summed E-state index contributed by atoms with van der Waals surface area (Å²) in [6.07, 6.45) is 0.952. The molecule has 4 heteroatoms. The van der Waals surface area contributed by atoms with Crippen LogP contribution in [0, 0.1) is 0 Å². The van der Waals surface area contributed by atoms with Gasteiger partial charge in [-0.2, -0.15) is 0 Å². The van der Waals surface area contributed by atoms with Crippen molar-refractivity contribution in [1.29, 1.82) is 0 Å². The number of benzene rings is 1. The van der Waals surface area contributed by atoms with E-state index in [-0.39, 0.29) is 0 Å². The first-order chi connectivity index (χ1) is 7.24. The summed E-state index contributed by atoms with van der Waals surface area (Å²) >= 11 is 0. The van der Waals surface area contributed by atoms with Gasteiger partial charge in [0.05, 0.1) is 6.61 Å². The van der Waals surface area contributed by atoms with Gasteiger partial charge in [-0.05, 0) is 44.3 Å². The van der Waals surface area contributed by atoms with E-state index in [1.54, 1.807) is 24.3 Å². The zero-order chi connectivity index (χ0) is 11.1. The number of nitrogens with one attached hydrogen (secondary N) is 1. The summed E-state index contributed by atoms with van der Waals surface area (Å²) < 4.78 is 5.45. The van der Waals surface area contributed by atoms with Crippen LogP contribution >= 0.6 is 0 Å². The molecule has 0 spiro atoms. The number of carbonyl (C=O) groups is 1. The van der Waals surface area contributed by atoms with Crippen molar-refractivity contribution in [2.45, 2.75) is 6.42 Å². The normalized spacial score (nSPS) is 9.93. The Morgan fingerprint density at radius 2 is 2.07 bits per heavy atom. The van der Waals surface area contributed by atoms with Gasteiger partial charge in [-0.3, -0.25) is 4.79 Å². The maximum Gasteiger partial charge on any atom is 0.248 e. The maximum atomic E-state index is 10.8. The SMILES string of the molecule is CNCCCOc1ccc(C(N)=O)cc1. The highest BCUT2D eigenvalue weighted by atomic mass is 16.5. The second-order valence-corrected chi connectivity index (χ2v) is 3.19. The van der Waals surface area contributed by atoms with Crippen LogP contribution in [-0.4, -0.2) is 26.1 Å². The van der Waals surface area contributed by atoms with Crippen molar-refractivity contribution in [3.05, 3.63) is 29.8 Å². The van der Waals surface area contributed by atoms with Crippen LogP contribution in [0.15, 0.2) is 24.3 Å². The van der Waals surface area contributed by atoms with Crippen molar-refractivity contribution >= 4 is 5.91 Å². The summed E-state index contributed by atoms with van der Waals surface area (Å²) in [5.41, 5.74) is 5.61. The van der Waals surface area contributed by atoms with Crippen molar-refractivity contribution in [2.75, 3.05) is 20.2 Å². The van der Waals surface area contributed by atoms with Crippen molar-refractivity contribution in [2.24, 2.45) is 5.73 Å². The minimum absolute atomic E-state index is 0.420. The minimum atomic E-state index is -0.420. The molecule has 0 aliphatic heterocycles. The predicted octanol–water partition coefficient (Wildman–Crippen LogP) is 0.774. The molecule has 1 amide bonds. The van der Waals surface area contributed by atoms with Gasteiger partial charge < -0.3 is 15.8 Å². The summed E-state index contributed by atoms with van der Waals surface area (Å²) in [6.45, 7) is 1.59. The molecule has 0 radical (unpaired) electrons. The highest BCUT2D eigenvalue weighted by Gasteiger charge is 1.99. The third-order valence-electron chi connectivity index (χ3n) is 1.98. The summed E-state index contributed by atoms with van der Waals surface area (Å²) in [4.78, 5) is 10.8. The Morgan fingerprint density at radius 1 is 1.40 bits per heavy atom. The quantitative estimate of drug-likeness (QED) is 0.679. The average Bonchev–Trinajstić information content (AvgIpc) is 2.25. The number of amides is 1. The molecule has 0 saturated carbocycles. The van der Waals surface area contributed by atoms with E-state index in [2.05, 4.69) is 5.32 Å². The Kier molecular flexibility index (Phi) is 4.63. The van der Waals surface area contributed by atoms with Crippen molar-refractivity contribution in [3.63, 3.8) is 0 Å². The lowest BCUT2D eigenvalue weighted by molar-refractivity contribution is 0.100. The topological polar surface area (TPSA) is 64.3 Å². The molecule has 0 aliphatic rings. The zero-order valence-electron chi connectivity index (χ0n) is 8.82. The third-order valence-corrected chi connectivity index (χ3v) is 1.98. The van der Waals surface area contributed by atoms with Gasteiger partial charge >= 0.3 is 0 Å². The highest BCUT2D eigenvalue weighted by Crippen LogP contribution is 2.11. The van der Waals surface area contributed by atoms with Crippen LogP contribution in [0.2, 0.25) is 0 Å². The second kappa shape index (κ2) is 6.03. The Morgan fingerprint density at radius 3 is 2.60 bits per heavy atom. The molecule has 0 aromatic heterocycles. The van der Waals surface area contributed by atoms with Crippen LogP contribution in [0.4, 0.5) is 0 Å². The van der Waals surface area contributed by atoms with Gasteiger partial charge in [-0.25, -0.2) is 0 Å². The molecule has 0 heterocycles. The Bertz CT molecular complexity index is 309. The van der Waals surface area contributed by atoms with Gasteiger partial charge in [0, 0.05) is 5.56 Å². The van der Waals surface area contributed by atoms with Crippen LogP contribution in [0.5, 0.6) is 5.75 Å². The van der Waals surface area contributed by atoms with Gasteiger partial charge in [0.25, 0.3) is 0 Å². The average molecular weight is 208 g/mol. The smallest absolute Gasteiger partial charge is 0.248 e. The summed E-state index contributed by atoms with van der Waals surface area (Å²) in [6, 6.07) is 6.82. The maximum absolute atomic E-state index is 10.8. The molecule has 0 atom stereocenters. The molecular weight excluding hydrogens is 192 g/mol. The molecule has 0 bridgehead atoms. The lowest BCUT2D eigenvalue weighted by Gasteiger charge is -2.05. The van der Waals surface area contributed by atoms with E-state index < -0.39 is 5.91 Å². The van der Waals surface area contributed by atoms with Gasteiger partial charge in [0.2, 0.25) is 5.91 Å². The largest absolute Gasteiger partial charge is 0.494 e. The molecule has 0 fully saturated rings. The second-order valence-electron chi connectivity index (χ2n) is 3.19. The Balaban J connectivity index is 2.39. The fourth-order valence-electron chi connectivity index (χ4n) is 1.15. The molecule has 3 N–H and O–H groups in total. The summed E-state index contributed by atoms with van der Waals surface area (Å²) in [7, 11) is 1.90. The van der Waals surface area contributed by atoms with E-state index >= 15 is 0 Å². The Labute approximate surface area is 89.4 Å². The molecule has 15 heavy (non-hydrogen) atoms. The number of ether oxygens (including phenoxy) is 1. The van der Waals surface area contributed by atoms with Crippen LogP contribution in [0.1, 0.15) is 16.8 Å². The monoisotopic (exact) mass is 208 g/mol. The van der Waals surface area contributed by atoms with Crippen LogP contribution in [-0.2, 0) is 0 Å². The van der Waals surface area contributed by atoms with Crippen LogP contribution < -0.4 is 15.8 Å². The fraction of sp³-hybridized carbons (Fsp3) is 0.364. The van der Waals surface area contributed by atoms with E-state index in [1.165, 1.54) is 0 Å². The number of carbonyl (C=O) groups excluding carboxylic acids is 1. The van der Waals surface area contributed by atoms with E-state index in [4.69, 9.17) is 10.5 Å². The van der Waals surface area contributed by atoms with Gasteiger partial charge in [0.1, 0.15) is 5.75 Å². The summed E-state index contributed by atoms with van der Waals surface area (Å²) in [5, 5.41) is 3.04. The van der Waals surface area contributed by atoms with Gasteiger partial charge in [-0.1, -0.05) is 0 Å². The lowest BCUT2D eigenvalue weighted by Crippen LogP contribution is -2.12. The van der Waals surface area contributed by atoms with Gasteiger partial charge in [-0.15, -0.1) is 0 Å². The first-order valence-electron chi connectivity index (χ1n) is 4.91. The fourth-order valence-corrected chi connectivity index (χ4v) is 1.15. The van der Waals surface area contributed by atoms with Crippen molar-refractivity contribution in [3.8, 4) is 5.75 Å². The Hall–Kier alpha value is -1.55. The lowest BCUT2D eigenvalue weighted by atomic mass is 10.2. The van der Waals surface area contributed by atoms with E-state index in [0.29, 0.717) is 12.2 Å². The molecule has 0 unspecified atom stereocenters. The highest BCUT2D eigenvalue weighted by molar-refractivity contribution is 5.92. The number of nitrogens with two attached hydrogens (primary N) is 1. The first kappa shape index (κ1) is 11.5. The van der Waals surface area contributed by atoms with E-state index in [9.17, 15) is 4.79 Å². The molecule has 1 aromatic carbocycles. The molecule has 0 aliphatic carbocycles. The molecular formula is C11H16N2O2. The van der Waals surface area contributed by atoms with Crippen LogP contribution in [0.3, 0.4) is 0 Å². The molecule has 82 valence electrons. The number of primary amides is 1. The van der Waals surface area contributed by atoms with Gasteiger partial charge in [0.15, 0.2) is 0 Å². The molecule has 4 nitrogen and oxygen atoms in total. The number of hydrogen-bond donors (Lipinski definition) is 2. The third kappa shape index (κ3) is 3.99. The molecule has 1 aromatic rings. The zero-order valence-corrected chi connectivity index (χ0v) is 8.82. The standard InChI is InChI=1S/C11H16N2O2/c1-13-7-2-8-15-10-5-3-9(4-6-10)11(12)14/h3-6,13H,2,7-8H2,1H3,(H2,12,14). The minimum Gasteiger partial charge on any atom is -0.494 e. The first-order valence-corrected chi connectivity index (χ1v) is 4.91. The van der Waals surface area contributed by atoms with Crippen molar-refractivity contribution in [1.82, 2.24) is 5.32 Å². The predicted molar refractivity (Wildman–Crippen MR) is 59.0 cm³/mol. The molecule has 0 saturated heterocycles. The van der Waals surface area contributed by atoms with E-state index in [0.717, 1.165) is 18.7 Å². The summed E-state index contributed by atoms with van der Waals surface area (Å²) in [5.74, 6) is 0.341. The van der Waals surface area contributed by atoms with Crippen molar-refractivity contribution < 1.29 is 9.53 Å². The van der Waals surface area contributed by atoms with Crippen LogP contribution in [0.25, 0.3) is 0 Å². The molecule has 1 rings (SSSR count). The number of rotatable bonds is 6. The number of hydrogen-bond acceptors (Lipinski definition) is 3. The van der Waals surface area contributed by atoms with E-state index in [1.807, 2.05) is 7.05 Å².